The van der Waals surface area contributed by atoms with Gasteiger partial charge >= 0.3 is 0 Å². The van der Waals surface area contributed by atoms with E-state index in [9.17, 15) is 5.02 Å². The van der Waals surface area contributed by atoms with E-state index in [2.05, 4.69) is 4.65 Å². The lowest BCUT2D eigenvalue weighted by atomic mass is 10.3. The molecular formula is C9H12BClO4-. The number of benzene rings is 1. The van der Waals surface area contributed by atoms with Gasteiger partial charge in [-0.15, -0.1) is 11.6 Å². The quantitative estimate of drug-likeness (QED) is 0.344. The molecule has 0 heterocycles. The summed E-state index contributed by atoms with van der Waals surface area (Å²) in [6.45, 7) is 0.438. The van der Waals surface area contributed by atoms with Crippen molar-refractivity contribution >= 4 is 19.3 Å². The van der Waals surface area contributed by atoms with E-state index in [0.29, 0.717) is 20.2 Å². The maximum absolute atomic E-state index is 9.41. The largest absolute Gasteiger partial charge is 0.861 e. The van der Waals surface area contributed by atoms with Gasteiger partial charge in [-0.25, -0.2) is 0 Å². The zero-order valence-electron chi connectivity index (χ0n) is 8.10. The van der Waals surface area contributed by atoms with E-state index in [0.717, 1.165) is 6.42 Å². The molecule has 0 unspecified atom stereocenters. The maximum Gasteiger partial charge on any atom is 0.163 e. The number of aromatic hydroxyl groups is 2. The fraction of sp³-hybridized carbons (Fsp3) is 0.333. The molecular weight excluding hydrogens is 218 g/mol. The van der Waals surface area contributed by atoms with Crippen molar-refractivity contribution in [2.45, 2.75) is 6.42 Å². The Morgan fingerprint density at radius 1 is 1.27 bits per heavy atom. The first-order valence-corrected chi connectivity index (χ1v) is 4.84. The standard InChI is InChI=1S/C6H6O2.C3H6BClO2/c7-5-3-1-2-4-6(5)8;5-2-1-3-7-4-6/h1-4,7-8H;1-3H2/q;-1. The van der Waals surface area contributed by atoms with Crippen LogP contribution in [0.5, 0.6) is 11.5 Å². The monoisotopic (exact) mass is 230 g/mol. The molecule has 0 aromatic heterocycles. The predicted molar refractivity (Wildman–Crippen MR) is 56.8 cm³/mol. The van der Waals surface area contributed by atoms with E-state index in [1.807, 2.05) is 0 Å². The fourth-order valence-electron chi connectivity index (χ4n) is 0.650. The topological polar surface area (TPSA) is 72.8 Å². The highest BCUT2D eigenvalue weighted by Gasteiger charge is 1.90. The maximum atomic E-state index is 9.41. The summed E-state index contributed by atoms with van der Waals surface area (Å²) < 4.78 is 4.31. The first-order valence-electron chi connectivity index (χ1n) is 4.30. The van der Waals surface area contributed by atoms with Crippen LogP contribution in [0, 0.1) is 0 Å². The molecule has 83 valence electrons. The highest BCUT2D eigenvalue weighted by atomic mass is 35.5. The average molecular weight is 230 g/mol. The molecule has 0 saturated carbocycles. The number of halogens is 1. The molecule has 0 aliphatic heterocycles. The molecule has 0 amide bonds. The lowest BCUT2D eigenvalue weighted by Gasteiger charge is -2.01. The Bertz CT molecular complexity index is 235. The molecule has 1 aromatic rings. The molecule has 0 atom stereocenters. The van der Waals surface area contributed by atoms with Crippen molar-refractivity contribution < 1.29 is 19.9 Å². The van der Waals surface area contributed by atoms with Crippen LogP contribution < -0.4 is 5.02 Å². The van der Waals surface area contributed by atoms with Crippen molar-refractivity contribution in [1.29, 1.82) is 0 Å². The molecule has 0 aliphatic rings. The molecule has 4 nitrogen and oxygen atoms in total. The van der Waals surface area contributed by atoms with Crippen LogP contribution in [0.4, 0.5) is 0 Å². The second-order valence-corrected chi connectivity index (χ2v) is 2.88. The molecule has 0 spiro atoms. The molecule has 0 fully saturated rings. The Kier molecular flexibility index (Phi) is 9.06. The van der Waals surface area contributed by atoms with Crippen LogP contribution in [0.1, 0.15) is 6.42 Å². The molecule has 2 N–H and O–H groups in total. The first kappa shape index (κ1) is 14.1. The van der Waals surface area contributed by atoms with Gasteiger partial charge in [0.15, 0.2) is 19.2 Å². The Hall–Kier alpha value is -0.905. The van der Waals surface area contributed by atoms with Gasteiger partial charge in [0, 0.05) is 12.5 Å². The summed E-state index contributed by atoms with van der Waals surface area (Å²) in [6, 6.07) is 6.15. The van der Waals surface area contributed by atoms with Gasteiger partial charge in [-0.2, -0.15) is 0 Å². The molecule has 0 saturated heterocycles. The van der Waals surface area contributed by atoms with Crippen LogP contribution in [0.2, 0.25) is 0 Å². The van der Waals surface area contributed by atoms with Crippen LogP contribution in [0.3, 0.4) is 0 Å². The molecule has 1 aromatic carbocycles. The zero-order valence-corrected chi connectivity index (χ0v) is 8.85. The predicted octanol–water partition coefficient (Wildman–Crippen LogP) is 0.624. The minimum absolute atomic E-state index is 0.0764. The van der Waals surface area contributed by atoms with Gasteiger partial charge in [0.25, 0.3) is 0 Å². The molecule has 1 radical (unpaired) electrons. The van der Waals surface area contributed by atoms with Gasteiger partial charge in [0.2, 0.25) is 0 Å². The lowest BCUT2D eigenvalue weighted by molar-refractivity contribution is -0.206. The third-order valence-corrected chi connectivity index (χ3v) is 1.61. The summed E-state index contributed by atoms with van der Waals surface area (Å²) in [5.74, 6) is 0.397. The van der Waals surface area contributed by atoms with Crippen molar-refractivity contribution in [2.75, 3.05) is 12.5 Å². The van der Waals surface area contributed by atoms with Crippen LogP contribution in [0.15, 0.2) is 24.3 Å². The van der Waals surface area contributed by atoms with Crippen molar-refractivity contribution in [2.24, 2.45) is 0 Å². The van der Waals surface area contributed by atoms with Gasteiger partial charge in [-0.1, -0.05) is 12.1 Å². The van der Waals surface area contributed by atoms with Gasteiger partial charge in [-0.05, 0) is 18.6 Å². The van der Waals surface area contributed by atoms with Crippen molar-refractivity contribution in [3.05, 3.63) is 24.3 Å². The summed E-state index contributed by atoms with van der Waals surface area (Å²) in [4.78, 5) is 0. The molecule has 1 rings (SSSR count). The number of hydrogen-bond acceptors (Lipinski definition) is 4. The van der Waals surface area contributed by atoms with Crippen LogP contribution >= 0.6 is 11.6 Å². The van der Waals surface area contributed by atoms with Gasteiger partial charge < -0.3 is 19.9 Å². The molecule has 0 bridgehead atoms. The molecule has 0 aliphatic carbocycles. The average Bonchev–Trinajstić information content (AvgIpc) is 2.24. The van der Waals surface area contributed by atoms with E-state index in [1.54, 1.807) is 12.1 Å². The number of phenols is 2. The summed E-state index contributed by atoms with van der Waals surface area (Å²) in [5, 5.41) is 26.8. The number of para-hydroxylation sites is 2. The lowest BCUT2D eigenvalue weighted by Crippen LogP contribution is -2.16. The van der Waals surface area contributed by atoms with E-state index < -0.39 is 0 Å². The zero-order chi connectivity index (χ0) is 11.5. The van der Waals surface area contributed by atoms with Gasteiger partial charge in [0.1, 0.15) is 0 Å². The van der Waals surface area contributed by atoms with E-state index in [1.165, 1.54) is 12.1 Å². The van der Waals surface area contributed by atoms with Crippen molar-refractivity contribution in [3.63, 3.8) is 0 Å². The summed E-state index contributed by atoms with van der Waals surface area (Å²) in [6.07, 6.45) is 0.736. The van der Waals surface area contributed by atoms with E-state index >= 15 is 0 Å². The van der Waals surface area contributed by atoms with Crippen molar-refractivity contribution in [1.82, 2.24) is 0 Å². The van der Waals surface area contributed by atoms with E-state index in [4.69, 9.17) is 21.8 Å². The fourth-order valence-corrected chi connectivity index (χ4v) is 0.759. The second-order valence-electron chi connectivity index (χ2n) is 2.50. The number of rotatable bonds is 4. The van der Waals surface area contributed by atoms with Crippen LogP contribution in [-0.4, -0.2) is 30.4 Å². The smallest absolute Gasteiger partial charge is 0.163 e. The Morgan fingerprint density at radius 2 is 1.80 bits per heavy atom. The molecule has 6 heteroatoms. The van der Waals surface area contributed by atoms with Crippen LogP contribution in [0.25, 0.3) is 0 Å². The third kappa shape index (κ3) is 8.11. The minimum Gasteiger partial charge on any atom is -0.861 e. The Morgan fingerprint density at radius 3 is 2.13 bits per heavy atom. The van der Waals surface area contributed by atoms with E-state index in [-0.39, 0.29) is 11.5 Å². The van der Waals surface area contributed by atoms with Crippen LogP contribution in [-0.2, 0) is 4.65 Å². The second kappa shape index (κ2) is 9.64. The highest BCUT2D eigenvalue weighted by Crippen LogP contribution is 2.21. The number of alkyl halides is 1. The Balaban J connectivity index is 0.000000265. The summed E-state index contributed by atoms with van der Waals surface area (Å²) in [7, 11) is 0.423. The normalized spacial score (nSPS) is 8.93. The SMILES string of the molecule is Oc1ccccc1O.[O-][B]OCCCCl. The van der Waals surface area contributed by atoms with Gasteiger partial charge in [-0.3, -0.25) is 0 Å². The Labute approximate surface area is 94.4 Å². The minimum atomic E-state index is -0.0764. The molecule has 15 heavy (non-hydrogen) atoms. The number of phenolic OH excluding ortho intramolecular Hbond substituents is 2. The van der Waals surface area contributed by atoms with Crippen molar-refractivity contribution in [3.8, 4) is 11.5 Å². The third-order valence-electron chi connectivity index (χ3n) is 1.35. The summed E-state index contributed by atoms with van der Waals surface area (Å²) >= 11 is 5.24. The first-order chi connectivity index (χ1) is 7.22. The summed E-state index contributed by atoms with van der Waals surface area (Å²) in [5.41, 5.74) is 0. The number of hydrogen-bond donors (Lipinski definition) is 2. The van der Waals surface area contributed by atoms with Gasteiger partial charge in [0.05, 0.1) is 0 Å². The highest BCUT2D eigenvalue weighted by molar-refractivity contribution is 6.17.